The third-order valence-corrected chi connectivity index (χ3v) is 20.5. The van der Waals surface area contributed by atoms with Gasteiger partial charge < -0.3 is 9.47 Å². The molecule has 69 heavy (non-hydrogen) atoms. The van der Waals surface area contributed by atoms with Crippen molar-refractivity contribution in [1.29, 1.82) is 0 Å². The van der Waals surface area contributed by atoms with Crippen LogP contribution >= 0.6 is 11.3 Å². The molecule has 0 radical (unpaired) electrons. The number of thiophene rings is 1. The van der Waals surface area contributed by atoms with Crippen molar-refractivity contribution in [2.45, 2.75) is 18.5 Å². The quantitative estimate of drug-likeness (QED) is 0.160. The van der Waals surface area contributed by atoms with Crippen LogP contribution in [0.5, 0.6) is 0 Å². The fraction of sp³-hybridized carbons (Fsp3) is 0.0462. The van der Waals surface area contributed by atoms with E-state index in [4.69, 9.17) is 0 Å². The Kier molecular flexibility index (Phi) is 8.06. The Labute approximate surface area is 405 Å². The Morgan fingerprint density at radius 2 is 0.986 bits per heavy atom. The minimum Gasteiger partial charge on any atom is -0.310 e. The largest absolute Gasteiger partial charge is 0.310 e. The molecular weight excluding hydrogens is 869 g/mol. The number of fused-ring (bicyclic) bond motifs is 15. The lowest BCUT2D eigenvalue weighted by molar-refractivity contribution is 0.754. The summed E-state index contributed by atoms with van der Waals surface area (Å²) in [6.07, 6.45) is 0. The zero-order valence-corrected chi connectivity index (χ0v) is 40.1. The first kappa shape index (κ1) is 39.0. The molecule has 15 rings (SSSR count). The molecular formula is C65H44N2SSi. The van der Waals surface area contributed by atoms with E-state index in [2.05, 4.69) is 253 Å². The molecule has 1 aliphatic carbocycles. The third-order valence-electron chi connectivity index (χ3n) is 15.8. The van der Waals surface area contributed by atoms with Gasteiger partial charge in [0.1, 0.15) is 8.07 Å². The maximum Gasteiger partial charge on any atom is 0.113 e. The van der Waals surface area contributed by atoms with Gasteiger partial charge in [0.25, 0.3) is 0 Å². The van der Waals surface area contributed by atoms with Gasteiger partial charge in [-0.2, -0.15) is 0 Å². The van der Waals surface area contributed by atoms with Gasteiger partial charge in [0.2, 0.25) is 0 Å². The predicted molar refractivity (Wildman–Crippen MR) is 297 cm³/mol. The molecule has 0 bridgehead atoms. The second kappa shape index (κ2) is 14.3. The summed E-state index contributed by atoms with van der Waals surface area (Å²) < 4.78 is 5.11. The maximum absolute atomic E-state index is 2.60. The van der Waals surface area contributed by atoms with E-state index in [1.807, 2.05) is 11.3 Å². The lowest BCUT2D eigenvalue weighted by Gasteiger charge is -2.50. The van der Waals surface area contributed by atoms with Gasteiger partial charge >= 0.3 is 0 Å². The fourth-order valence-corrected chi connectivity index (χ4v) is 17.2. The van der Waals surface area contributed by atoms with Gasteiger partial charge in [-0.05, 0) is 121 Å². The molecule has 1 atom stereocenters. The standard InChI is InChI=1S/C65H44N2SSi/c1-69(2)62-31-12-9-26-54(62)65(53-25-8-5-21-47(53)51-24-13-18-42-19-14-27-56(65)64(42)51)55-36-33-45(40-63(55)69)66(43-34-37-61-52(38-43)50-23-7-11-30-60(50)68-61)44-32-35-49-48-22-6-10-28-58(48)67(59(49)39-44)57-29-15-17-41-16-3-4-20-46(41)57/h3-40H,1-2H3. The van der Waals surface area contributed by atoms with E-state index < -0.39 is 13.5 Å². The summed E-state index contributed by atoms with van der Waals surface area (Å²) in [6, 6.07) is 87.6. The van der Waals surface area contributed by atoms with Crippen LogP contribution < -0.4 is 15.3 Å². The Morgan fingerprint density at radius 3 is 1.90 bits per heavy atom. The van der Waals surface area contributed by atoms with Crippen molar-refractivity contribution < 1.29 is 0 Å². The van der Waals surface area contributed by atoms with Crippen LogP contribution in [0.15, 0.2) is 231 Å². The highest BCUT2D eigenvalue weighted by Crippen LogP contribution is 2.56. The first-order valence-corrected chi connectivity index (χ1v) is 27.9. The van der Waals surface area contributed by atoms with Crippen molar-refractivity contribution in [3.8, 4) is 16.8 Å². The molecule has 4 heteroatoms. The molecule has 0 saturated carbocycles. The monoisotopic (exact) mass is 912 g/mol. The molecule has 2 aromatic heterocycles. The fourth-order valence-electron chi connectivity index (χ4n) is 12.9. The first-order chi connectivity index (χ1) is 34.0. The molecule has 3 heterocycles. The van der Waals surface area contributed by atoms with E-state index >= 15 is 0 Å². The van der Waals surface area contributed by atoms with Crippen molar-refractivity contribution in [2.24, 2.45) is 0 Å². The number of anilines is 3. The molecule has 1 aliphatic heterocycles. The van der Waals surface area contributed by atoms with Crippen LogP contribution in [0.25, 0.3) is 80.3 Å². The molecule has 324 valence electrons. The molecule has 0 N–H and O–H groups in total. The molecule has 0 fully saturated rings. The lowest BCUT2D eigenvalue weighted by atomic mass is 9.59. The van der Waals surface area contributed by atoms with Crippen LogP contribution in [0.4, 0.5) is 17.1 Å². The zero-order valence-electron chi connectivity index (χ0n) is 38.2. The summed E-state index contributed by atoms with van der Waals surface area (Å²) in [5, 5.41) is 13.2. The SMILES string of the molecule is C[Si]1(C)c2ccccc2C2(c3ccccc3-c3cccc4cccc2c34)c2ccc(N(c3ccc4sc5ccccc5c4c3)c3ccc4c5ccccc5n(-c5cccc6ccccc56)c4c3)cc21. The zero-order chi connectivity index (χ0) is 45.6. The summed E-state index contributed by atoms with van der Waals surface area (Å²) in [6.45, 7) is 5.15. The molecule has 1 unspecified atom stereocenters. The van der Waals surface area contributed by atoms with E-state index in [1.165, 1.54) is 113 Å². The van der Waals surface area contributed by atoms with Gasteiger partial charge in [0.05, 0.1) is 22.1 Å². The number of hydrogen-bond donors (Lipinski definition) is 0. The summed E-state index contributed by atoms with van der Waals surface area (Å²) in [4.78, 5) is 2.54. The van der Waals surface area contributed by atoms with Gasteiger partial charge in [0.15, 0.2) is 0 Å². The van der Waals surface area contributed by atoms with Crippen LogP contribution in [0.1, 0.15) is 22.3 Å². The van der Waals surface area contributed by atoms with E-state index in [9.17, 15) is 0 Å². The summed E-state index contributed by atoms with van der Waals surface area (Å²) in [5.74, 6) is 0. The minimum atomic E-state index is -2.36. The molecule has 2 nitrogen and oxygen atoms in total. The summed E-state index contributed by atoms with van der Waals surface area (Å²) in [7, 11) is -2.36. The van der Waals surface area contributed by atoms with E-state index in [0.717, 1.165) is 17.1 Å². The topological polar surface area (TPSA) is 8.17 Å². The smallest absolute Gasteiger partial charge is 0.113 e. The molecule has 2 aliphatic rings. The van der Waals surface area contributed by atoms with Crippen molar-refractivity contribution in [3.05, 3.63) is 253 Å². The molecule has 11 aromatic carbocycles. The highest BCUT2D eigenvalue weighted by molar-refractivity contribution is 7.25. The Balaban J connectivity index is 1.03. The second-order valence-electron chi connectivity index (χ2n) is 19.6. The minimum absolute atomic E-state index is 0.505. The van der Waals surface area contributed by atoms with E-state index in [1.54, 1.807) is 0 Å². The number of rotatable bonds is 4. The number of nitrogens with zero attached hydrogens (tertiary/aromatic N) is 2. The third kappa shape index (κ3) is 5.25. The Morgan fingerprint density at radius 1 is 0.391 bits per heavy atom. The summed E-state index contributed by atoms with van der Waals surface area (Å²) >= 11 is 1.87. The lowest BCUT2D eigenvalue weighted by Crippen LogP contribution is -2.63. The van der Waals surface area contributed by atoms with Gasteiger partial charge in [-0.25, -0.2) is 0 Å². The molecule has 1 spiro atoms. The van der Waals surface area contributed by atoms with Crippen LogP contribution in [0.3, 0.4) is 0 Å². The highest BCUT2D eigenvalue weighted by atomic mass is 32.1. The average Bonchev–Trinajstić information content (AvgIpc) is 3.94. The van der Waals surface area contributed by atoms with Crippen LogP contribution in [-0.4, -0.2) is 12.6 Å². The Hall–Kier alpha value is -8.02. The van der Waals surface area contributed by atoms with Crippen LogP contribution in [0, 0.1) is 0 Å². The second-order valence-corrected chi connectivity index (χ2v) is 25.0. The van der Waals surface area contributed by atoms with E-state index in [0.29, 0.717) is 0 Å². The Bertz CT molecular complexity index is 4320. The van der Waals surface area contributed by atoms with Crippen molar-refractivity contribution >= 4 is 110 Å². The number of hydrogen-bond acceptors (Lipinski definition) is 2. The van der Waals surface area contributed by atoms with Crippen molar-refractivity contribution in [3.63, 3.8) is 0 Å². The van der Waals surface area contributed by atoms with Gasteiger partial charge in [0, 0.05) is 53.4 Å². The summed E-state index contributed by atoms with van der Waals surface area (Å²) in [5.41, 5.74) is 14.7. The number of aromatic nitrogens is 1. The molecule has 0 amide bonds. The van der Waals surface area contributed by atoms with E-state index in [-0.39, 0.29) is 0 Å². The van der Waals surface area contributed by atoms with Gasteiger partial charge in [-0.15, -0.1) is 11.3 Å². The maximum atomic E-state index is 2.60. The van der Waals surface area contributed by atoms with Gasteiger partial charge in [-0.3, -0.25) is 0 Å². The molecule has 13 aromatic rings. The number of benzene rings is 11. The van der Waals surface area contributed by atoms with Crippen molar-refractivity contribution in [1.82, 2.24) is 4.57 Å². The normalized spacial score (nSPS) is 15.6. The predicted octanol–water partition coefficient (Wildman–Crippen LogP) is 16.4. The van der Waals surface area contributed by atoms with Crippen LogP contribution in [0.2, 0.25) is 13.1 Å². The van der Waals surface area contributed by atoms with Gasteiger partial charge in [-0.1, -0.05) is 183 Å². The highest BCUT2D eigenvalue weighted by Gasteiger charge is 2.52. The first-order valence-electron chi connectivity index (χ1n) is 24.1. The van der Waals surface area contributed by atoms with Crippen LogP contribution in [-0.2, 0) is 5.41 Å². The number of para-hydroxylation sites is 1. The average molecular weight is 913 g/mol. The van der Waals surface area contributed by atoms with Crippen molar-refractivity contribution in [2.75, 3.05) is 4.90 Å². The molecule has 0 saturated heterocycles.